The molecular formula is C14H22N2O3. The first kappa shape index (κ1) is 12.9. The van der Waals surface area contributed by atoms with Crippen molar-refractivity contribution in [3.63, 3.8) is 0 Å². The Morgan fingerprint density at radius 1 is 1.26 bits per heavy atom. The molecule has 1 heterocycles. The Morgan fingerprint density at radius 3 is 2.63 bits per heavy atom. The lowest BCUT2D eigenvalue weighted by molar-refractivity contribution is -0.149. The van der Waals surface area contributed by atoms with E-state index in [4.69, 9.17) is 5.73 Å². The summed E-state index contributed by atoms with van der Waals surface area (Å²) in [6, 6.07) is -0.686. The van der Waals surface area contributed by atoms with Crippen LogP contribution in [0.5, 0.6) is 0 Å². The Kier molecular flexibility index (Phi) is 3.25. The molecule has 0 spiro atoms. The maximum atomic E-state index is 12.3. The van der Waals surface area contributed by atoms with Crippen LogP contribution >= 0.6 is 0 Å². The van der Waals surface area contributed by atoms with E-state index in [1.54, 1.807) is 4.90 Å². The number of nitrogens with two attached hydrogens (primary N) is 1. The molecule has 2 aliphatic carbocycles. The van der Waals surface area contributed by atoms with E-state index in [1.807, 2.05) is 0 Å². The number of nitrogens with zero attached hydrogens (tertiary/aromatic N) is 1. The first-order valence-corrected chi connectivity index (χ1v) is 7.35. The van der Waals surface area contributed by atoms with Crippen molar-refractivity contribution in [2.75, 3.05) is 6.54 Å². The fraction of sp³-hybridized carbons (Fsp3) is 0.857. The molecule has 0 aromatic carbocycles. The van der Waals surface area contributed by atoms with Crippen LogP contribution in [0.25, 0.3) is 0 Å². The number of carboxylic acid groups (broad SMARTS) is 1. The van der Waals surface area contributed by atoms with Crippen molar-refractivity contribution in [3.8, 4) is 0 Å². The summed E-state index contributed by atoms with van der Waals surface area (Å²) in [6.45, 7) is 0.623. The van der Waals surface area contributed by atoms with Crippen LogP contribution in [0.3, 0.4) is 0 Å². The molecule has 3 N–H and O–H groups in total. The summed E-state index contributed by atoms with van der Waals surface area (Å²) in [5.74, 6) is 0.138. The fourth-order valence-corrected chi connectivity index (χ4v) is 3.89. The van der Waals surface area contributed by atoms with E-state index in [9.17, 15) is 14.7 Å². The highest BCUT2D eigenvalue weighted by atomic mass is 16.4. The summed E-state index contributed by atoms with van der Waals surface area (Å²) < 4.78 is 0. The average molecular weight is 266 g/mol. The maximum absolute atomic E-state index is 12.3. The van der Waals surface area contributed by atoms with Crippen molar-refractivity contribution in [2.24, 2.45) is 23.5 Å². The third-order valence-corrected chi connectivity index (χ3v) is 5.10. The quantitative estimate of drug-likeness (QED) is 0.789. The molecule has 0 aromatic heterocycles. The molecule has 0 radical (unpaired) electrons. The van der Waals surface area contributed by atoms with Gasteiger partial charge in [-0.2, -0.15) is 0 Å². The Hall–Kier alpha value is -1.10. The van der Waals surface area contributed by atoms with E-state index in [0.717, 1.165) is 32.1 Å². The first-order valence-electron chi connectivity index (χ1n) is 7.35. The number of carbonyl (C=O) groups excluding carboxylic acids is 1. The van der Waals surface area contributed by atoms with Gasteiger partial charge in [-0.05, 0) is 43.4 Å². The van der Waals surface area contributed by atoms with E-state index in [0.29, 0.717) is 24.8 Å². The molecule has 2 saturated carbocycles. The summed E-state index contributed by atoms with van der Waals surface area (Å²) in [7, 11) is 0. The summed E-state index contributed by atoms with van der Waals surface area (Å²) in [6.07, 6.45) is 5.65. The fourth-order valence-electron chi connectivity index (χ4n) is 3.89. The van der Waals surface area contributed by atoms with Gasteiger partial charge in [-0.25, -0.2) is 4.79 Å². The van der Waals surface area contributed by atoms with Crippen LogP contribution in [0, 0.1) is 17.8 Å². The number of carbonyl (C=O) groups is 2. The minimum absolute atomic E-state index is 0.0544. The molecule has 4 atom stereocenters. The van der Waals surface area contributed by atoms with E-state index >= 15 is 0 Å². The summed E-state index contributed by atoms with van der Waals surface area (Å²) >= 11 is 0. The lowest BCUT2D eigenvalue weighted by Gasteiger charge is -2.25. The van der Waals surface area contributed by atoms with Crippen LogP contribution in [0.2, 0.25) is 0 Å². The third kappa shape index (κ3) is 2.36. The lowest BCUT2D eigenvalue weighted by Crippen LogP contribution is -2.45. The normalized spacial score (nSPS) is 35.2. The van der Waals surface area contributed by atoms with Gasteiger partial charge in [-0.1, -0.05) is 6.42 Å². The highest BCUT2D eigenvalue weighted by molar-refractivity contribution is 5.85. The van der Waals surface area contributed by atoms with E-state index in [2.05, 4.69) is 0 Å². The van der Waals surface area contributed by atoms with Crippen LogP contribution < -0.4 is 5.73 Å². The van der Waals surface area contributed by atoms with Crippen molar-refractivity contribution in [3.05, 3.63) is 0 Å². The predicted molar refractivity (Wildman–Crippen MR) is 69.3 cm³/mol. The minimum atomic E-state index is -0.845. The SMILES string of the molecule is NC(CC(=O)N1CC2CCCC2C1C(=O)O)C1CC1. The molecule has 5 heteroatoms. The smallest absolute Gasteiger partial charge is 0.326 e. The topological polar surface area (TPSA) is 83.6 Å². The molecule has 4 unspecified atom stereocenters. The highest BCUT2D eigenvalue weighted by Crippen LogP contribution is 2.42. The molecule has 3 fully saturated rings. The van der Waals surface area contributed by atoms with Crippen LogP contribution in [-0.4, -0.2) is 40.5 Å². The van der Waals surface area contributed by atoms with Crippen LogP contribution in [-0.2, 0) is 9.59 Å². The molecular weight excluding hydrogens is 244 g/mol. The predicted octanol–water partition coefficient (Wildman–Crippen LogP) is 0.825. The van der Waals surface area contributed by atoms with E-state index in [-0.39, 0.29) is 17.9 Å². The number of hydrogen-bond donors (Lipinski definition) is 2. The molecule has 106 valence electrons. The molecule has 3 rings (SSSR count). The average Bonchev–Trinajstić information content (AvgIpc) is 2.98. The lowest BCUT2D eigenvalue weighted by atomic mass is 9.94. The second-order valence-electron chi connectivity index (χ2n) is 6.39. The number of aliphatic carboxylic acids is 1. The molecule has 19 heavy (non-hydrogen) atoms. The Labute approximate surface area is 113 Å². The van der Waals surface area contributed by atoms with Crippen LogP contribution in [0.15, 0.2) is 0 Å². The molecule has 1 saturated heterocycles. The number of likely N-dealkylation sites (tertiary alicyclic amines) is 1. The Morgan fingerprint density at radius 2 is 2.00 bits per heavy atom. The standard InChI is InChI=1S/C14H22N2O3/c15-11(8-4-5-8)6-12(17)16-7-9-2-1-3-10(9)13(16)14(18)19/h8-11,13H,1-7,15H2,(H,18,19). The van der Waals surface area contributed by atoms with Crippen molar-refractivity contribution >= 4 is 11.9 Å². The molecule has 1 aliphatic heterocycles. The minimum Gasteiger partial charge on any atom is -0.480 e. The van der Waals surface area contributed by atoms with Gasteiger partial charge in [-0.15, -0.1) is 0 Å². The Balaban J connectivity index is 1.68. The molecule has 3 aliphatic rings. The monoisotopic (exact) mass is 266 g/mol. The van der Waals surface area contributed by atoms with E-state index in [1.165, 1.54) is 0 Å². The third-order valence-electron chi connectivity index (χ3n) is 5.10. The van der Waals surface area contributed by atoms with Crippen LogP contribution in [0.4, 0.5) is 0 Å². The maximum Gasteiger partial charge on any atom is 0.326 e. The zero-order valence-electron chi connectivity index (χ0n) is 11.1. The van der Waals surface area contributed by atoms with E-state index < -0.39 is 12.0 Å². The zero-order chi connectivity index (χ0) is 13.6. The van der Waals surface area contributed by atoms with Gasteiger partial charge in [-0.3, -0.25) is 4.79 Å². The number of carboxylic acids is 1. The first-order chi connectivity index (χ1) is 9.08. The van der Waals surface area contributed by atoms with Gasteiger partial charge >= 0.3 is 5.97 Å². The van der Waals surface area contributed by atoms with Crippen molar-refractivity contribution < 1.29 is 14.7 Å². The van der Waals surface area contributed by atoms with Gasteiger partial charge in [0.1, 0.15) is 6.04 Å². The summed E-state index contributed by atoms with van der Waals surface area (Å²) in [5.41, 5.74) is 5.99. The summed E-state index contributed by atoms with van der Waals surface area (Å²) in [4.78, 5) is 25.4. The van der Waals surface area contributed by atoms with Gasteiger partial charge in [0.15, 0.2) is 0 Å². The highest BCUT2D eigenvalue weighted by Gasteiger charge is 2.49. The molecule has 1 amide bonds. The zero-order valence-corrected chi connectivity index (χ0v) is 11.1. The Bertz CT molecular complexity index is 394. The van der Waals surface area contributed by atoms with Gasteiger partial charge in [0, 0.05) is 19.0 Å². The molecule has 5 nitrogen and oxygen atoms in total. The van der Waals surface area contributed by atoms with Crippen molar-refractivity contribution in [2.45, 2.75) is 50.6 Å². The van der Waals surface area contributed by atoms with Gasteiger partial charge < -0.3 is 15.7 Å². The van der Waals surface area contributed by atoms with Crippen LogP contribution in [0.1, 0.15) is 38.5 Å². The largest absolute Gasteiger partial charge is 0.480 e. The van der Waals surface area contributed by atoms with Gasteiger partial charge in [0.05, 0.1) is 0 Å². The second kappa shape index (κ2) is 4.78. The second-order valence-corrected chi connectivity index (χ2v) is 6.39. The number of amides is 1. The van der Waals surface area contributed by atoms with Crippen molar-refractivity contribution in [1.29, 1.82) is 0 Å². The van der Waals surface area contributed by atoms with Gasteiger partial charge in [0.2, 0.25) is 5.91 Å². The number of fused-ring (bicyclic) bond motifs is 1. The number of rotatable bonds is 4. The summed E-state index contributed by atoms with van der Waals surface area (Å²) in [5, 5.41) is 9.41. The number of hydrogen-bond acceptors (Lipinski definition) is 3. The van der Waals surface area contributed by atoms with Gasteiger partial charge in [0.25, 0.3) is 0 Å². The van der Waals surface area contributed by atoms with Crippen molar-refractivity contribution in [1.82, 2.24) is 4.90 Å². The molecule has 0 aromatic rings. The molecule has 0 bridgehead atoms.